The summed E-state index contributed by atoms with van der Waals surface area (Å²) < 4.78 is 0. The average Bonchev–Trinajstić information content (AvgIpc) is 3.14. The maximum atomic E-state index is 11.7. The van der Waals surface area contributed by atoms with E-state index in [1.807, 2.05) is 30.5 Å². The molecule has 2 aromatic heterocycles. The van der Waals surface area contributed by atoms with E-state index in [1.54, 1.807) is 12.1 Å². The molecule has 6 rings (SSSR count). The number of rotatable bonds is 4. The van der Waals surface area contributed by atoms with Crippen molar-refractivity contribution >= 4 is 23.2 Å². The average molecular weight is 472 g/mol. The molecule has 1 aliphatic carbocycles. The molecule has 1 unspecified atom stereocenters. The number of carbonyl (C=O) groups is 1. The summed E-state index contributed by atoms with van der Waals surface area (Å²) in [4.78, 5) is 25.9. The first-order chi connectivity index (χ1) is 17.1. The molecule has 180 valence electrons. The van der Waals surface area contributed by atoms with Crippen molar-refractivity contribution in [3.8, 4) is 17.0 Å². The monoisotopic (exact) mass is 471 g/mol. The number of aromatic hydroxyl groups is 1. The van der Waals surface area contributed by atoms with Crippen LogP contribution in [0.15, 0.2) is 42.6 Å². The fourth-order valence-electron chi connectivity index (χ4n) is 5.84. The van der Waals surface area contributed by atoms with Gasteiger partial charge in [0.15, 0.2) is 5.82 Å². The van der Waals surface area contributed by atoms with Gasteiger partial charge in [-0.1, -0.05) is 12.1 Å². The van der Waals surface area contributed by atoms with Crippen molar-refractivity contribution in [1.82, 2.24) is 20.2 Å². The van der Waals surface area contributed by atoms with Gasteiger partial charge >= 0.3 is 0 Å². The summed E-state index contributed by atoms with van der Waals surface area (Å²) in [6, 6.07) is 11.6. The van der Waals surface area contributed by atoms with Crippen LogP contribution in [-0.2, 0) is 4.79 Å². The molecule has 4 heterocycles. The summed E-state index contributed by atoms with van der Waals surface area (Å²) >= 11 is 0. The summed E-state index contributed by atoms with van der Waals surface area (Å²) in [5, 5.41) is 18.7. The van der Waals surface area contributed by atoms with Gasteiger partial charge in [0.1, 0.15) is 11.5 Å². The minimum atomic E-state index is 0.168. The molecule has 0 amide bonds. The van der Waals surface area contributed by atoms with E-state index in [9.17, 15) is 9.90 Å². The van der Waals surface area contributed by atoms with Crippen LogP contribution in [0, 0.1) is 0 Å². The fourth-order valence-corrected chi connectivity index (χ4v) is 5.84. The third-order valence-electron chi connectivity index (χ3n) is 7.66. The van der Waals surface area contributed by atoms with E-state index in [0.717, 1.165) is 56.1 Å². The van der Waals surface area contributed by atoms with Gasteiger partial charge in [0.05, 0.1) is 11.4 Å². The van der Waals surface area contributed by atoms with E-state index in [2.05, 4.69) is 25.0 Å². The van der Waals surface area contributed by atoms with E-state index in [-0.39, 0.29) is 17.8 Å². The number of hydrogen-bond donors (Lipinski definition) is 2. The number of ketones is 1. The van der Waals surface area contributed by atoms with Gasteiger partial charge in [0.25, 0.3) is 0 Å². The van der Waals surface area contributed by atoms with Gasteiger partial charge in [-0.3, -0.25) is 4.79 Å². The minimum absolute atomic E-state index is 0.168. The Hall–Kier alpha value is -3.75. The topological polar surface area (TPSA) is 121 Å². The highest BCUT2D eigenvalue weighted by atomic mass is 16.3. The van der Waals surface area contributed by atoms with E-state index >= 15 is 0 Å². The third-order valence-corrected chi connectivity index (χ3v) is 7.66. The number of para-hydroxylation sites is 1. The number of nitrogens with zero attached hydrogens (tertiary/aromatic N) is 6. The Kier molecular flexibility index (Phi) is 5.47. The standard InChI is InChI=1S/C26H29N7O2/c27-25-23(13-22(30-31-25)20-3-1-2-4-24(20)35)32-14-17-7-8-18(15-32)33(17)26-28-12-11-21(29-26)16-5-9-19(34)10-6-16/h1-4,11-13,16-18,35H,5-10,14-15H2,(H2,27,31)/t17-,18?/m1/s1. The number of Topliss-reactive ketones (excluding diaryl/α,β-unsaturated/α-hetero) is 1. The van der Waals surface area contributed by atoms with E-state index in [1.165, 1.54) is 0 Å². The Morgan fingerprint density at radius 1 is 0.971 bits per heavy atom. The quantitative estimate of drug-likeness (QED) is 0.590. The van der Waals surface area contributed by atoms with Gasteiger partial charge in [0, 0.05) is 61.4 Å². The second kappa shape index (κ2) is 8.79. The molecule has 2 atom stereocenters. The van der Waals surface area contributed by atoms with Gasteiger partial charge in [-0.15, -0.1) is 10.2 Å². The largest absolute Gasteiger partial charge is 0.507 e. The first-order valence-corrected chi connectivity index (χ1v) is 12.4. The summed E-state index contributed by atoms with van der Waals surface area (Å²) in [5.74, 6) is 2.05. The lowest BCUT2D eigenvalue weighted by Gasteiger charge is -2.42. The number of hydrogen-bond acceptors (Lipinski definition) is 9. The number of benzene rings is 1. The lowest BCUT2D eigenvalue weighted by molar-refractivity contribution is -0.120. The van der Waals surface area contributed by atoms with Gasteiger partial charge in [0.2, 0.25) is 5.95 Å². The van der Waals surface area contributed by atoms with Gasteiger partial charge in [-0.05, 0) is 49.9 Å². The molecule has 3 N–H and O–H groups in total. The molecule has 9 nitrogen and oxygen atoms in total. The zero-order valence-corrected chi connectivity index (χ0v) is 19.5. The summed E-state index contributed by atoms with van der Waals surface area (Å²) in [5.41, 5.74) is 9.40. The summed E-state index contributed by atoms with van der Waals surface area (Å²) in [6.07, 6.45) is 7.06. The fraction of sp³-hybridized carbons (Fsp3) is 0.423. The highest BCUT2D eigenvalue weighted by molar-refractivity contribution is 5.79. The molecular weight excluding hydrogens is 442 g/mol. The molecule has 2 saturated heterocycles. The number of fused-ring (bicyclic) bond motifs is 2. The molecule has 3 aromatic rings. The molecule has 0 spiro atoms. The molecule has 2 aliphatic heterocycles. The van der Waals surface area contributed by atoms with Crippen molar-refractivity contribution in [2.24, 2.45) is 0 Å². The van der Waals surface area contributed by atoms with Crippen LogP contribution in [0.25, 0.3) is 11.3 Å². The number of anilines is 3. The number of aromatic nitrogens is 4. The minimum Gasteiger partial charge on any atom is -0.507 e. The molecule has 2 bridgehead atoms. The molecule has 0 radical (unpaired) electrons. The normalized spacial score (nSPS) is 22.6. The maximum absolute atomic E-state index is 11.7. The number of nitrogens with two attached hydrogens (primary N) is 1. The molecule has 9 heteroatoms. The van der Waals surface area contributed by atoms with Crippen LogP contribution in [-0.4, -0.2) is 56.2 Å². The number of carbonyl (C=O) groups excluding carboxylic acids is 1. The van der Waals surface area contributed by atoms with Gasteiger partial charge in [-0.2, -0.15) is 0 Å². The van der Waals surface area contributed by atoms with Gasteiger partial charge < -0.3 is 20.6 Å². The van der Waals surface area contributed by atoms with E-state index in [4.69, 9.17) is 10.7 Å². The number of phenols is 1. The first kappa shape index (κ1) is 21.8. The Bertz CT molecular complexity index is 1240. The van der Waals surface area contributed by atoms with E-state index < -0.39 is 0 Å². The van der Waals surface area contributed by atoms with Crippen molar-refractivity contribution in [3.63, 3.8) is 0 Å². The second-order valence-electron chi connectivity index (χ2n) is 9.81. The van der Waals surface area contributed by atoms with Crippen molar-refractivity contribution in [1.29, 1.82) is 0 Å². The van der Waals surface area contributed by atoms with E-state index in [0.29, 0.717) is 41.6 Å². The lowest BCUT2D eigenvalue weighted by Crippen LogP contribution is -2.54. The number of phenolic OH excluding ortho intramolecular Hbond substituents is 1. The smallest absolute Gasteiger partial charge is 0.226 e. The maximum Gasteiger partial charge on any atom is 0.226 e. The highest BCUT2D eigenvalue weighted by Crippen LogP contribution is 2.38. The Morgan fingerprint density at radius 3 is 2.46 bits per heavy atom. The van der Waals surface area contributed by atoms with Gasteiger partial charge in [-0.25, -0.2) is 9.97 Å². The van der Waals surface area contributed by atoms with Crippen LogP contribution in [0.1, 0.15) is 50.1 Å². The Morgan fingerprint density at radius 2 is 1.71 bits per heavy atom. The zero-order chi connectivity index (χ0) is 23.9. The van der Waals surface area contributed by atoms with Crippen LogP contribution in [0.3, 0.4) is 0 Å². The first-order valence-electron chi connectivity index (χ1n) is 12.4. The molecule has 1 saturated carbocycles. The summed E-state index contributed by atoms with van der Waals surface area (Å²) in [7, 11) is 0. The molecule has 3 fully saturated rings. The Labute approximate surface area is 204 Å². The highest BCUT2D eigenvalue weighted by Gasteiger charge is 2.42. The zero-order valence-electron chi connectivity index (χ0n) is 19.5. The molecule has 1 aromatic carbocycles. The van der Waals surface area contributed by atoms with Crippen LogP contribution < -0.4 is 15.5 Å². The SMILES string of the molecule is Nc1nnc(-c2ccccc2O)cc1N1CC2CC[C@H](C1)N2c1nccc(C2CCC(=O)CC2)n1. The third kappa shape index (κ3) is 4.05. The predicted molar refractivity (Wildman–Crippen MR) is 133 cm³/mol. The number of nitrogen functional groups attached to an aromatic ring is 1. The van der Waals surface area contributed by atoms with Crippen molar-refractivity contribution in [3.05, 3.63) is 48.3 Å². The molecule has 3 aliphatic rings. The second-order valence-corrected chi connectivity index (χ2v) is 9.81. The van der Waals surface area contributed by atoms with Crippen molar-refractivity contribution < 1.29 is 9.90 Å². The summed E-state index contributed by atoms with van der Waals surface area (Å²) in [6.45, 7) is 1.58. The molecule has 35 heavy (non-hydrogen) atoms. The van der Waals surface area contributed by atoms with Crippen LogP contribution in [0.4, 0.5) is 17.5 Å². The predicted octanol–water partition coefficient (Wildman–Crippen LogP) is 3.31. The van der Waals surface area contributed by atoms with Crippen LogP contribution in [0.2, 0.25) is 0 Å². The van der Waals surface area contributed by atoms with Crippen LogP contribution in [0.5, 0.6) is 5.75 Å². The molecular formula is C26H29N7O2. The van der Waals surface area contributed by atoms with Crippen molar-refractivity contribution in [2.45, 2.75) is 56.5 Å². The lowest BCUT2D eigenvalue weighted by atomic mass is 9.86. The van der Waals surface area contributed by atoms with Crippen LogP contribution >= 0.6 is 0 Å². The Balaban J connectivity index is 1.24. The van der Waals surface area contributed by atoms with Crippen molar-refractivity contribution in [2.75, 3.05) is 28.6 Å². The number of piperazine rings is 1.